The van der Waals surface area contributed by atoms with Crippen LogP contribution in [0.1, 0.15) is 41.3 Å². The molecule has 1 unspecified atom stereocenters. The zero-order valence-electron chi connectivity index (χ0n) is 18.5. The molecule has 1 atom stereocenters. The third-order valence-corrected chi connectivity index (χ3v) is 5.63. The van der Waals surface area contributed by atoms with Gasteiger partial charge in [-0.1, -0.05) is 35.9 Å². The van der Waals surface area contributed by atoms with E-state index in [0.717, 1.165) is 18.2 Å². The summed E-state index contributed by atoms with van der Waals surface area (Å²) in [6.45, 7) is -0.400. The van der Waals surface area contributed by atoms with E-state index in [1.807, 2.05) is 0 Å². The molecule has 32 heavy (non-hydrogen) atoms. The van der Waals surface area contributed by atoms with Crippen LogP contribution in [0.25, 0.3) is 0 Å². The molecule has 2 N–H and O–H groups in total. The van der Waals surface area contributed by atoms with Crippen LogP contribution in [0.2, 0.25) is 6.43 Å². The third kappa shape index (κ3) is 4.08. The normalized spacial score (nSPS) is 19.3. The molecule has 0 radical (unpaired) electrons. The van der Waals surface area contributed by atoms with Crippen molar-refractivity contribution < 1.29 is 30.7 Å². The zero-order chi connectivity index (χ0) is 24.8. The molecule has 2 heterocycles. The van der Waals surface area contributed by atoms with Crippen molar-refractivity contribution in [3.05, 3.63) is 69.7 Å². The molecule has 0 aliphatic carbocycles. The topological polar surface area (TPSA) is 95.6 Å². The Balaban J connectivity index is 1.48. The van der Waals surface area contributed by atoms with Gasteiger partial charge in [-0.15, -0.1) is 0 Å². The smallest absolute Gasteiger partial charge is 0.346 e. The van der Waals surface area contributed by atoms with Crippen LogP contribution in [0.15, 0.2) is 42.4 Å². The van der Waals surface area contributed by atoms with Crippen molar-refractivity contribution in [2.24, 2.45) is 0 Å². The zero-order valence-corrected chi connectivity index (χ0v) is 17.3. The van der Waals surface area contributed by atoms with Gasteiger partial charge in [0.2, 0.25) is 11.8 Å². The Bertz CT molecular complexity index is 1230. The van der Waals surface area contributed by atoms with Crippen LogP contribution >= 0.6 is 11.6 Å². The Morgan fingerprint density at radius 2 is 2.06 bits per heavy atom. The summed E-state index contributed by atoms with van der Waals surface area (Å²) in [5, 5.41) is 2.28. The van der Waals surface area contributed by atoms with Crippen molar-refractivity contribution in [1.29, 1.82) is 0 Å². The summed E-state index contributed by atoms with van der Waals surface area (Å²) in [6.07, 6.45) is 0.313. The van der Waals surface area contributed by atoms with Crippen LogP contribution in [0.3, 0.4) is 0 Å². The Morgan fingerprint density at radius 1 is 1.28 bits per heavy atom. The number of nitrogens with zero attached hydrogens (tertiary/aromatic N) is 1. The number of hydrogen-bond donors (Lipinski definition) is 2. The number of carbonyl (C=O) groups is 4. The molecule has 7 nitrogen and oxygen atoms in total. The van der Waals surface area contributed by atoms with Crippen molar-refractivity contribution in [3.63, 3.8) is 0 Å². The number of carbonyl (C=O) groups excluding carboxylic acids is 4. The lowest BCUT2D eigenvalue weighted by atomic mass is 10.0. The van der Waals surface area contributed by atoms with Crippen LogP contribution in [-0.2, 0) is 33.4 Å². The molecule has 0 aromatic heterocycles. The standard InChI is InChI=1S/C22H18ClF2N3O4/c23-15-4-2-14(3-5-15)22(24,25)21(32)26-10-12-1-6-16-13(9-12)11-28(20(16)31)17-7-8-18(29)27-19(17)30/h1-6,9,17H,7-8,10-11H2,(H,26,32)(H,27,29,30)/i4D/hD. The number of piperidine rings is 1. The van der Waals surface area contributed by atoms with Gasteiger partial charge in [0.1, 0.15) is 6.04 Å². The van der Waals surface area contributed by atoms with Crippen LogP contribution in [0.5, 0.6) is 0 Å². The monoisotopic (exact) mass is 463 g/mol. The third-order valence-electron chi connectivity index (χ3n) is 5.40. The van der Waals surface area contributed by atoms with Gasteiger partial charge in [-0.25, -0.2) is 0 Å². The van der Waals surface area contributed by atoms with Crippen LogP contribution in [0.4, 0.5) is 8.78 Å². The predicted molar refractivity (Wildman–Crippen MR) is 110 cm³/mol. The van der Waals surface area contributed by atoms with Crippen molar-refractivity contribution in [2.45, 2.75) is 37.9 Å². The molecular formula is C22H18ClF2N3O4. The van der Waals surface area contributed by atoms with Crippen molar-refractivity contribution in [1.82, 2.24) is 15.5 Å². The molecule has 2 aliphatic heterocycles. The van der Waals surface area contributed by atoms with E-state index >= 15 is 0 Å². The highest BCUT2D eigenvalue weighted by Gasteiger charge is 2.41. The highest BCUT2D eigenvalue weighted by molar-refractivity contribution is 6.30. The van der Waals surface area contributed by atoms with E-state index in [0.29, 0.717) is 16.7 Å². The predicted octanol–water partition coefficient (Wildman–Crippen LogP) is 2.51. The van der Waals surface area contributed by atoms with Gasteiger partial charge < -0.3 is 10.2 Å². The Morgan fingerprint density at radius 3 is 2.78 bits per heavy atom. The fourth-order valence-corrected chi connectivity index (χ4v) is 3.83. The molecule has 2 aliphatic rings. The van der Waals surface area contributed by atoms with Gasteiger partial charge in [0.15, 0.2) is 1.41 Å². The van der Waals surface area contributed by atoms with Crippen LogP contribution in [-0.4, -0.2) is 34.6 Å². The summed E-state index contributed by atoms with van der Waals surface area (Å²) >= 11 is 5.68. The quantitative estimate of drug-likeness (QED) is 0.666. The molecule has 4 rings (SSSR count). The summed E-state index contributed by atoms with van der Waals surface area (Å²) in [7, 11) is 0. The maximum atomic E-state index is 14.7. The number of amides is 4. The molecule has 2 aromatic rings. The molecule has 10 heteroatoms. The van der Waals surface area contributed by atoms with Gasteiger partial charge in [0.05, 0.1) is 1.37 Å². The van der Waals surface area contributed by atoms with E-state index < -0.39 is 47.7 Å². The summed E-state index contributed by atoms with van der Waals surface area (Å²) in [5.74, 6) is -7.17. The molecular weight excluding hydrogens is 444 g/mol. The number of imide groups is 1. The minimum absolute atomic E-state index is 0.0474. The van der Waals surface area contributed by atoms with Gasteiger partial charge in [-0.2, -0.15) is 8.78 Å². The number of halogens is 3. The second-order valence-electron chi connectivity index (χ2n) is 7.51. The van der Waals surface area contributed by atoms with Gasteiger partial charge in [-0.3, -0.25) is 24.5 Å². The van der Waals surface area contributed by atoms with Crippen molar-refractivity contribution in [2.75, 3.05) is 0 Å². The first-order chi connectivity index (χ1) is 16.0. The molecule has 166 valence electrons. The molecule has 0 bridgehead atoms. The number of rotatable bonds is 5. The van der Waals surface area contributed by atoms with E-state index in [4.69, 9.17) is 14.4 Å². The fraction of sp³-hybridized carbons (Fsp3) is 0.273. The number of fused-ring (bicyclic) bond motifs is 1. The summed E-state index contributed by atoms with van der Waals surface area (Å²) < 4.78 is 44.7. The average Bonchev–Trinajstić information content (AvgIpc) is 3.10. The average molecular weight is 464 g/mol. The minimum atomic E-state index is -4.04. The van der Waals surface area contributed by atoms with Crippen molar-refractivity contribution in [3.8, 4) is 0 Å². The fourth-order valence-electron chi connectivity index (χ4n) is 3.71. The van der Waals surface area contributed by atoms with Crippen LogP contribution in [0, 0.1) is 0 Å². The van der Waals surface area contributed by atoms with E-state index in [-0.39, 0.29) is 35.8 Å². The summed E-state index contributed by atoms with van der Waals surface area (Å²) in [5.41, 5.74) is 0.443. The summed E-state index contributed by atoms with van der Waals surface area (Å²) in [6, 6.07) is 6.05. The highest BCUT2D eigenvalue weighted by Crippen LogP contribution is 2.30. The number of nitrogens with one attached hydrogen (secondary N) is 2. The van der Waals surface area contributed by atoms with Gasteiger partial charge in [-0.05, 0) is 35.7 Å². The van der Waals surface area contributed by atoms with Gasteiger partial charge in [0.25, 0.3) is 11.8 Å². The summed E-state index contributed by atoms with van der Waals surface area (Å²) in [4.78, 5) is 49.9. The Kier molecular flexibility index (Phi) is 5.03. The highest BCUT2D eigenvalue weighted by atomic mass is 35.5. The number of benzene rings is 2. The van der Waals surface area contributed by atoms with E-state index in [2.05, 4.69) is 5.32 Å². The maximum Gasteiger partial charge on any atom is 0.349 e. The number of hydrogen-bond acceptors (Lipinski definition) is 4. The minimum Gasteiger partial charge on any atom is -0.346 e. The molecule has 2 aromatic carbocycles. The molecule has 0 spiro atoms. The lowest BCUT2D eigenvalue weighted by Gasteiger charge is -2.29. The second kappa shape index (κ2) is 8.31. The molecule has 4 amide bonds. The van der Waals surface area contributed by atoms with E-state index in [1.54, 1.807) is 0 Å². The first-order valence-corrected chi connectivity index (χ1v) is 10.1. The number of alkyl halides is 2. The van der Waals surface area contributed by atoms with Gasteiger partial charge in [0, 0.05) is 35.7 Å². The first kappa shape index (κ1) is 19.4. The van der Waals surface area contributed by atoms with Crippen LogP contribution < -0.4 is 10.6 Å². The Hall–Kier alpha value is -3.33. The largest absolute Gasteiger partial charge is 0.349 e. The van der Waals surface area contributed by atoms with Crippen molar-refractivity contribution >= 4 is 35.2 Å². The Labute approximate surface area is 189 Å². The van der Waals surface area contributed by atoms with E-state index in [9.17, 15) is 28.0 Å². The lowest BCUT2D eigenvalue weighted by Crippen LogP contribution is -2.52. The first-order valence-electron chi connectivity index (χ1n) is 10.7. The lowest BCUT2D eigenvalue weighted by molar-refractivity contribution is -0.147. The molecule has 1 saturated heterocycles. The van der Waals surface area contributed by atoms with E-state index in [1.165, 1.54) is 23.1 Å². The SMILES string of the molecule is [2H]c1cc(C(F)(F)C(=O)N([2H])Cc2ccc3c(c2)CN(C2CCC(=O)NC2=O)C3=O)ccc1Cl. The van der Waals surface area contributed by atoms with Gasteiger partial charge >= 0.3 is 5.92 Å². The maximum absolute atomic E-state index is 14.7. The second-order valence-corrected chi connectivity index (χ2v) is 7.92. The molecule has 0 saturated carbocycles. The molecule has 1 fully saturated rings.